The van der Waals surface area contributed by atoms with E-state index < -0.39 is 5.54 Å². The molecule has 3 heteroatoms. The van der Waals surface area contributed by atoms with E-state index in [9.17, 15) is 4.79 Å². The van der Waals surface area contributed by atoms with Crippen molar-refractivity contribution in [2.75, 3.05) is 7.05 Å². The van der Waals surface area contributed by atoms with Crippen LogP contribution in [0.2, 0.25) is 5.02 Å². The third-order valence-corrected chi connectivity index (χ3v) is 3.46. The Morgan fingerprint density at radius 1 is 1.44 bits per heavy atom. The van der Waals surface area contributed by atoms with Gasteiger partial charge in [-0.25, -0.2) is 0 Å². The quantitative estimate of drug-likeness (QED) is 0.863. The molecule has 1 aliphatic carbocycles. The Morgan fingerprint density at radius 2 is 2.19 bits per heavy atom. The minimum Gasteiger partial charge on any atom is -0.304 e. The molecule has 0 bridgehead atoms. The van der Waals surface area contributed by atoms with Crippen LogP contribution in [0.15, 0.2) is 24.2 Å². The van der Waals surface area contributed by atoms with Crippen LogP contribution in [-0.4, -0.2) is 12.8 Å². The van der Waals surface area contributed by atoms with E-state index in [0.29, 0.717) is 12.8 Å². The number of halogens is 1. The predicted molar refractivity (Wildman–Crippen MR) is 65.7 cm³/mol. The maximum atomic E-state index is 12.4. The number of Topliss-reactive ketones (excluding diaryl/α,β-unsaturated/α-hetero) is 1. The number of benzene rings is 1. The molecule has 0 spiro atoms. The summed E-state index contributed by atoms with van der Waals surface area (Å²) in [6.45, 7) is 0. The number of carbonyl (C=O) groups is 1. The van der Waals surface area contributed by atoms with Gasteiger partial charge in [-0.2, -0.15) is 0 Å². The molecule has 1 atom stereocenters. The summed E-state index contributed by atoms with van der Waals surface area (Å²) in [5, 5.41) is 2.89. The van der Waals surface area contributed by atoms with Gasteiger partial charge in [0.25, 0.3) is 0 Å². The highest BCUT2D eigenvalue weighted by Crippen LogP contribution is 2.37. The van der Waals surface area contributed by atoms with Crippen molar-refractivity contribution in [2.24, 2.45) is 0 Å². The second kappa shape index (κ2) is 4.56. The SMILES string of the molecule is [2H]c1c([2H])c([2H])c([C@]2(NC)CCCCC2=O)c(Cl)c1[2H]. The molecule has 0 aromatic heterocycles. The summed E-state index contributed by atoms with van der Waals surface area (Å²) in [5.74, 6) is -0.0711. The Hall–Kier alpha value is -0.860. The first-order valence-corrected chi connectivity index (χ1v) is 5.73. The lowest BCUT2D eigenvalue weighted by Gasteiger charge is -2.36. The van der Waals surface area contributed by atoms with Crippen LogP contribution in [0.25, 0.3) is 0 Å². The molecule has 0 saturated heterocycles. The van der Waals surface area contributed by atoms with E-state index in [1.54, 1.807) is 7.05 Å². The van der Waals surface area contributed by atoms with Gasteiger partial charge < -0.3 is 5.32 Å². The van der Waals surface area contributed by atoms with Crippen LogP contribution < -0.4 is 5.32 Å². The molecule has 1 aromatic rings. The highest BCUT2D eigenvalue weighted by atomic mass is 35.5. The summed E-state index contributed by atoms with van der Waals surface area (Å²) in [4.78, 5) is 12.4. The largest absolute Gasteiger partial charge is 0.304 e. The highest BCUT2D eigenvalue weighted by molar-refractivity contribution is 6.31. The van der Waals surface area contributed by atoms with Crippen LogP contribution in [0, 0.1) is 0 Å². The lowest BCUT2D eigenvalue weighted by atomic mass is 9.75. The van der Waals surface area contributed by atoms with Crippen LogP contribution in [0.4, 0.5) is 0 Å². The summed E-state index contributed by atoms with van der Waals surface area (Å²) < 4.78 is 31.3. The number of rotatable bonds is 2. The monoisotopic (exact) mass is 241 g/mol. The Kier molecular flexibility index (Phi) is 2.13. The third-order valence-electron chi connectivity index (χ3n) is 3.18. The molecule has 1 fully saturated rings. The van der Waals surface area contributed by atoms with E-state index in [-0.39, 0.29) is 40.5 Å². The summed E-state index contributed by atoms with van der Waals surface area (Å²) in [7, 11) is 1.63. The number of likely N-dealkylation sites (N-methyl/N-ethyl adjacent to an activating group) is 1. The van der Waals surface area contributed by atoms with Crippen molar-refractivity contribution in [3.8, 4) is 0 Å². The van der Waals surface area contributed by atoms with Gasteiger partial charge in [0, 0.05) is 11.4 Å². The maximum Gasteiger partial charge on any atom is 0.157 e. The van der Waals surface area contributed by atoms with E-state index in [1.165, 1.54) is 0 Å². The van der Waals surface area contributed by atoms with Gasteiger partial charge >= 0.3 is 0 Å². The lowest BCUT2D eigenvalue weighted by molar-refractivity contribution is -0.127. The fourth-order valence-electron chi connectivity index (χ4n) is 2.27. The smallest absolute Gasteiger partial charge is 0.157 e. The molecule has 1 aliphatic rings. The van der Waals surface area contributed by atoms with Crippen LogP contribution in [0.3, 0.4) is 0 Å². The molecule has 0 aliphatic heterocycles. The Labute approximate surface area is 107 Å². The average Bonchev–Trinajstić information content (AvgIpc) is 2.45. The molecule has 1 N–H and O–H groups in total. The van der Waals surface area contributed by atoms with Crippen LogP contribution >= 0.6 is 11.6 Å². The Balaban J connectivity index is 2.76. The molecule has 0 unspecified atom stereocenters. The van der Waals surface area contributed by atoms with Crippen molar-refractivity contribution in [3.63, 3.8) is 0 Å². The lowest BCUT2D eigenvalue weighted by Crippen LogP contribution is -2.49. The molecule has 2 rings (SSSR count). The van der Waals surface area contributed by atoms with Crippen LogP contribution in [-0.2, 0) is 10.3 Å². The number of hydrogen-bond acceptors (Lipinski definition) is 2. The summed E-state index contributed by atoms with van der Waals surface area (Å²) in [5.41, 5.74) is -0.927. The molecule has 1 saturated carbocycles. The van der Waals surface area contributed by atoms with Gasteiger partial charge in [-0.15, -0.1) is 0 Å². The summed E-state index contributed by atoms with van der Waals surface area (Å²) in [6, 6.07) is -1.27. The van der Waals surface area contributed by atoms with Gasteiger partial charge in [-0.1, -0.05) is 36.1 Å². The molecule has 16 heavy (non-hydrogen) atoms. The fraction of sp³-hybridized carbons (Fsp3) is 0.462. The van der Waals surface area contributed by atoms with Gasteiger partial charge in [-0.3, -0.25) is 4.79 Å². The van der Waals surface area contributed by atoms with Crippen molar-refractivity contribution in [2.45, 2.75) is 31.2 Å². The first-order valence-electron chi connectivity index (χ1n) is 7.35. The first kappa shape index (κ1) is 7.46. The molecular weight excluding hydrogens is 222 g/mol. The summed E-state index contributed by atoms with van der Waals surface area (Å²) >= 11 is 6.14. The van der Waals surface area contributed by atoms with Gasteiger partial charge in [0.15, 0.2) is 5.78 Å². The number of carbonyl (C=O) groups excluding carboxylic acids is 1. The van der Waals surface area contributed by atoms with Crippen LogP contribution in [0.1, 0.15) is 36.7 Å². The molecule has 0 amide bonds. The molecule has 86 valence electrons. The van der Waals surface area contributed by atoms with Crippen molar-refractivity contribution in [1.82, 2.24) is 5.32 Å². The number of ketones is 1. The van der Waals surface area contributed by atoms with E-state index in [2.05, 4.69) is 5.32 Å². The Bertz CT molecular complexity index is 549. The number of hydrogen-bond donors (Lipinski definition) is 1. The minimum atomic E-state index is -1.11. The minimum absolute atomic E-state index is 0.0689. The van der Waals surface area contributed by atoms with Crippen molar-refractivity contribution < 1.29 is 10.3 Å². The predicted octanol–water partition coefficient (Wildman–Crippen LogP) is 2.90. The molecule has 0 heterocycles. The average molecular weight is 242 g/mol. The number of nitrogens with one attached hydrogen (secondary N) is 1. The zero-order valence-corrected chi connectivity index (χ0v) is 9.87. The van der Waals surface area contributed by atoms with Crippen molar-refractivity contribution in [1.29, 1.82) is 0 Å². The van der Waals surface area contributed by atoms with Gasteiger partial charge in [0.05, 0.1) is 5.48 Å². The standard InChI is InChI=1S/C13H16ClNO/c1-15-13(9-5-4-8-12(13)16)10-6-2-3-7-11(10)14/h2-3,6-7,15H,4-5,8-9H2,1H3/t13-/m1/s1/i2D,3D,6D,7D. The second-order valence-corrected chi connectivity index (χ2v) is 4.35. The molecular formula is C13H16ClNO. The summed E-state index contributed by atoms with van der Waals surface area (Å²) in [6.07, 6.45) is 2.49. The van der Waals surface area contributed by atoms with E-state index in [0.717, 1.165) is 12.8 Å². The Morgan fingerprint density at radius 3 is 2.88 bits per heavy atom. The molecule has 0 radical (unpaired) electrons. The van der Waals surface area contributed by atoms with Gasteiger partial charge in [0.1, 0.15) is 5.54 Å². The second-order valence-electron chi connectivity index (χ2n) is 3.97. The van der Waals surface area contributed by atoms with Gasteiger partial charge in [-0.05, 0) is 31.5 Å². The van der Waals surface area contributed by atoms with Gasteiger partial charge in [0.2, 0.25) is 0 Å². The van der Waals surface area contributed by atoms with E-state index in [4.69, 9.17) is 17.1 Å². The van der Waals surface area contributed by atoms with E-state index in [1.807, 2.05) is 0 Å². The zero-order chi connectivity index (χ0) is 15.1. The normalized spacial score (nSPS) is 29.2. The first-order chi connectivity index (χ1) is 9.36. The van der Waals surface area contributed by atoms with Crippen LogP contribution in [0.5, 0.6) is 0 Å². The van der Waals surface area contributed by atoms with E-state index >= 15 is 0 Å². The highest BCUT2D eigenvalue weighted by Gasteiger charge is 2.40. The van der Waals surface area contributed by atoms with Crippen molar-refractivity contribution in [3.05, 3.63) is 34.8 Å². The third kappa shape index (κ3) is 1.76. The topological polar surface area (TPSA) is 29.1 Å². The maximum absolute atomic E-state index is 12.4. The van der Waals surface area contributed by atoms with Crippen molar-refractivity contribution >= 4 is 17.4 Å². The molecule has 2 nitrogen and oxygen atoms in total. The fourth-order valence-corrected chi connectivity index (χ4v) is 2.53. The molecule has 1 aromatic carbocycles. The zero-order valence-electron chi connectivity index (χ0n) is 13.1.